The van der Waals surface area contributed by atoms with Gasteiger partial charge in [-0.2, -0.15) is 17.5 Å². The molecule has 0 radical (unpaired) electrons. The molecule has 3 heterocycles. The highest BCUT2D eigenvalue weighted by Gasteiger charge is 2.44. The second-order valence-electron chi connectivity index (χ2n) is 8.97. The number of rotatable bonds is 9. The molecule has 0 amide bonds. The summed E-state index contributed by atoms with van der Waals surface area (Å²) in [5.41, 5.74) is 0. The number of aromatic nitrogens is 2. The first-order chi connectivity index (χ1) is 15.1. The van der Waals surface area contributed by atoms with E-state index >= 15 is 0 Å². The lowest BCUT2D eigenvalue weighted by Crippen LogP contribution is -2.55. The summed E-state index contributed by atoms with van der Waals surface area (Å²) < 4.78 is 67.4. The van der Waals surface area contributed by atoms with E-state index in [1.54, 1.807) is 12.4 Å². The Labute approximate surface area is 191 Å². The van der Waals surface area contributed by atoms with E-state index in [9.17, 15) is 21.6 Å². The van der Waals surface area contributed by atoms with Crippen molar-refractivity contribution in [3.05, 3.63) is 17.4 Å². The van der Waals surface area contributed by atoms with Gasteiger partial charge in [-0.1, -0.05) is 11.6 Å². The van der Waals surface area contributed by atoms with E-state index in [-0.39, 0.29) is 19.2 Å². The number of alkyl halides is 3. The Bertz CT molecular complexity index is 873. The molecule has 2 atom stereocenters. The first-order valence-electron chi connectivity index (χ1n) is 11.0. The average molecular weight is 497 g/mol. The molecule has 3 fully saturated rings. The van der Waals surface area contributed by atoms with Gasteiger partial charge in [0.1, 0.15) is 0 Å². The van der Waals surface area contributed by atoms with Crippen LogP contribution in [0.25, 0.3) is 0 Å². The highest BCUT2D eigenvalue weighted by atomic mass is 35.5. The van der Waals surface area contributed by atoms with Gasteiger partial charge in [0.15, 0.2) is 0 Å². The van der Waals surface area contributed by atoms with Gasteiger partial charge in [-0.05, 0) is 43.4 Å². The van der Waals surface area contributed by atoms with E-state index in [0.29, 0.717) is 29.4 Å². The van der Waals surface area contributed by atoms with Gasteiger partial charge in [0.25, 0.3) is 0 Å². The maximum Gasteiger partial charge on any atom is 0.390 e. The molecule has 1 aliphatic carbocycles. The highest BCUT2D eigenvalue weighted by molar-refractivity contribution is 7.89. The van der Waals surface area contributed by atoms with Gasteiger partial charge < -0.3 is 9.64 Å². The Morgan fingerprint density at radius 1 is 1.16 bits per heavy atom. The smallest absolute Gasteiger partial charge is 0.375 e. The Morgan fingerprint density at radius 3 is 2.44 bits per heavy atom. The predicted octanol–water partition coefficient (Wildman–Crippen LogP) is 3.36. The van der Waals surface area contributed by atoms with Crippen LogP contribution in [0.15, 0.2) is 12.4 Å². The zero-order valence-electron chi connectivity index (χ0n) is 17.7. The summed E-state index contributed by atoms with van der Waals surface area (Å²) >= 11 is 5.85. The molecular formula is C20H28ClF3N4O3S. The number of sulfonamides is 1. The average Bonchev–Trinajstić information content (AvgIpc) is 3.48. The molecule has 1 saturated carbocycles. The summed E-state index contributed by atoms with van der Waals surface area (Å²) in [5, 5.41) is 0.532. The molecule has 1 aromatic heterocycles. The zero-order valence-corrected chi connectivity index (χ0v) is 19.2. The second kappa shape index (κ2) is 9.60. The maximum atomic E-state index is 12.3. The van der Waals surface area contributed by atoms with Crippen LogP contribution < -0.4 is 4.90 Å². The molecule has 2 unspecified atom stereocenters. The molecule has 4 rings (SSSR count). The molecule has 12 heteroatoms. The summed E-state index contributed by atoms with van der Waals surface area (Å²) in [6, 6.07) is 0. The molecule has 0 N–H and O–H groups in total. The van der Waals surface area contributed by atoms with Crippen molar-refractivity contribution in [2.45, 2.75) is 44.4 Å². The minimum atomic E-state index is -4.46. The van der Waals surface area contributed by atoms with Gasteiger partial charge in [0.05, 0.1) is 35.7 Å². The minimum Gasteiger partial charge on any atom is -0.375 e. The summed E-state index contributed by atoms with van der Waals surface area (Å²) in [6.07, 6.45) is 1.62. The highest BCUT2D eigenvalue weighted by Crippen LogP contribution is 2.50. The number of hydrogen-bond donors (Lipinski definition) is 0. The molecule has 2 saturated heterocycles. The van der Waals surface area contributed by atoms with Crippen molar-refractivity contribution in [2.75, 3.05) is 43.4 Å². The molecule has 0 spiro atoms. The van der Waals surface area contributed by atoms with Crippen molar-refractivity contribution in [3.63, 3.8) is 0 Å². The number of anilines is 1. The van der Waals surface area contributed by atoms with Crippen LogP contribution in [0.4, 0.5) is 19.1 Å². The predicted molar refractivity (Wildman–Crippen MR) is 114 cm³/mol. The molecule has 0 bridgehead atoms. The van der Waals surface area contributed by atoms with Crippen molar-refractivity contribution in [1.29, 1.82) is 0 Å². The number of halogens is 4. The van der Waals surface area contributed by atoms with Crippen LogP contribution in [0.5, 0.6) is 0 Å². The summed E-state index contributed by atoms with van der Waals surface area (Å²) in [6.45, 7) is 2.75. The molecule has 2 aliphatic heterocycles. The van der Waals surface area contributed by atoms with Crippen molar-refractivity contribution < 1.29 is 26.3 Å². The third-order valence-electron chi connectivity index (χ3n) is 6.71. The van der Waals surface area contributed by atoms with Crippen LogP contribution in [0, 0.1) is 17.8 Å². The number of nitrogens with zero attached hydrogens (tertiary/aromatic N) is 4. The first-order valence-corrected chi connectivity index (χ1v) is 13.0. The fraction of sp³-hybridized carbons (Fsp3) is 0.800. The number of ether oxygens (including phenoxy) is 1. The maximum absolute atomic E-state index is 12.3. The molecule has 3 aliphatic rings. The summed E-state index contributed by atoms with van der Waals surface area (Å²) in [5.74, 6) is 1.89. The van der Waals surface area contributed by atoms with E-state index in [4.69, 9.17) is 16.3 Å². The van der Waals surface area contributed by atoms with Gasteiger partial charge in [0.2, 0.25) is 16.0 Å². The molecule has 32 heavy (non-hydrogen) atoms. The molecule has 180 valence electrons. The van der Waals surface area contributed by atoms with Crippen LogP contribution in [-0.4, -0.2) is 73.5 Å². The normalized spacial score (nSPS) is 25.7. The van der Waals surface area contributed by atoms with Crippen LogP contribution in [0.1, 0.15) is 32.1 Å². The lowest BCUT2D eigenvalue weighted by atomic mass is 9.90. The Kier molecular flexibility index (Phi) is 7.19. The van der Waals surface area contributed by atoms with Crippen LogP contribution >= 0.6 is 11.6 Å². The first kappa shape index (κ1) is 24.0. The van der Waals surface area contributed by atoms with Crippen molar-refractivity contribution >= 4 is 27.6 Å². The Hall–Kier alpha value is -1.17. The van der Waals surface area contributed by atoms with E-state index in [1.807, 2.05) is 0 Å². The van der Waals surface area contributed by atoms with Gasteiger partial charge in [-0.25, -0.2) is 18.4 Å². The minimum absolute atomic E-state index is 0.152. The van der Waals surface area contributed by atoms with Crippen molar-refractivity contribution in [3.8, 4) is 0 Å². The van der Waals surface area contributed by atoms with Gasteiger partial charge in [-0.15, -0.1) is 0 Å². The Balaban J connectivity index is 1.09. The summed E-state index contributed by atoms with van der Waals surface area (Å²) in [4.78, 5) is 10.8. The molecule has 1 aromatic rings. The van der Waals surface area contributed by atoms with Crippen LogP contribution in [0.2, 0.25) is 5.02 Å². The largest absolute Gasteiger partial charge is 0.390 e. The topological polar surface area (TPSA) is 75.6 Å². The zero-order chi connectivity index (χ0) is 22.9. The molecule has 0 aromatic carbocycles. The van der Waals surface area contributed by atoms with Crippen LogP contribution in [-0.2, 0) is 14.8 Å². The number of hydrogen-bond acceptors (Lipinski definition) is 6. The fourth-order valence-corrected chi connectivity index (χ4v) is 6.30. The van der Waals surface area contributed by atoms with Gasteiger partial charge >= 0.3 is 6.18 Å². The Morgan fingerprint density at radius 2 is 1.81 bits per heavy atom. The quantitative estimate of drug-likeness (QED) is 0.522. The SMILES string of the molecule is O=S(=O)(CCC(F)(F)F)N1CC(OCCC2CC2C2CCN(c3ncc(Cl)cn3)CC2)C1. The second-order valence-corrected chi connectivity index (χ2v) is 11.5. The van der Waals surface area contributed by atoms with Gasteiger partial charge in [-0.3, -0.25) is 0 Å². The lowest BCUT2D eigenvalue weighted by molar-refractivity contribution is -0.130. The monoisotopic (exact) mass is 496 g/mol. The van der Waals surface area contributed by atoms with E-state index in [0.717, 1.165) is 42.6 Å². The third kappa shape index (κ3) is 6.24. The fourth-order valence-electron chi connectivity index (χ4n) is 4.67. The lowest BCUT2D eigenvalue weighted by Gasteiger charge is -2.37. The van der Waals surface area contributed by atoms with Gasteiger partial charge in [0, 0.05) is 32.8 Å². The number of piperidine rings is 1. The third-order valence-corrected chi connectivity index (χ3v) is 8.71. The molecular weight excluding hydrogens is 469 g/mol. The van der Waals surface area contributed by atoms with Crippen molar-refractivity contribution in [2.24, 2.45) is 17.8 Å². The van der Waals surface area contributed by atoms with E-state index in [1.165, 1.54) is 6.42 Å². The van der Waals surface area contributed by atoms with Crippen LogP contribution in [0.3, 0.4) is 0 Å². The summed E-state index contributed by atoms with van der Waals surface area (Å²) in [7, 11) is -3.85. The van der Waals surface area contributed by atoms with Crippen molar-refractivity contribution in [1.82, 2.24) is 14.3 Å². The van der Waals surface area contributed by atoms with E-state index < -0.39 is 28.4 Å². The standard InChI is InChI=1S/C20H28ClF3N4O3S/c21-16-10-25-19(26-11-16)27-5-1-14(2-6-27)18-9-15(18)3-7-31-17-12-28(13-17)32(29,30)8-4-20(22,23)24/h10-11,14-15,17-18H,1-9,12-13H2. The van der Waals surface area contributed by atoms with E-state index in [2.05, 4.69) is 14.9 Å². The molecule has 7 nitrogen and oxygen atoms in total.